The third-order valence-corrected chi connectivity index (χ3v) is 10.7. The smallest absolute Gasteiger partial charge is 0.306 e. The van der Waals surface area contributed by atoms with Crippen molar-refractivity contribution in [3.8, 4) is 0 Å². The van der Waals surface area contributed by atoms with Crippen LogP contribution in [-0.2, 0) is 14.3 Å². The Hall–Kier alpha value is -1.92. The molecular weight excluding hydrogens is 683 g/mol. The molecule has 0 aliphatic rings. The predicted molar refractivity (Wildman–Crippen MR) is 236 cm³/mol. The Morgan fingerprint density at radius 1 is 0.527 bits per heavy atom. The summed E-state index contributed by atoms with van der Waals surface area (Å²) >= 11 is 0. The first kappa shape index (κ1) is 53.1. The number of carbonyl (C=O) groups excluding carboxylic acids is 2. The van der Waals surface area contributed by atoms with Crippen LogP contribution in [0.5, 0.6) is 0 Å². The maximum Gasteiger partial charge on any atom is 0.306 e. The number of unbranched alkanes of at least 4 members (excludes halogenated alkanes) is 25. The molecule has 0 radical (unpaired) electrons. The van der Waals surface area contributed by atoms with Crippen LogP contribution < -0.4 is 5.32 Å². The quantitative estimate of drug-likeness (QED) is 0.0248. The van der Waals surface area contributed by atoms with Gasteiger partial charge in [-0.3, -0.25) is 9.59 Å². The van der Waals surface area contributed by atoms with E-state index in [0.29, 0.717) is 19.3 Å². The summed E-state index contributed by atoms with van der Waals surface area (Å²) in [5.74, 6) is -0.501. The molecule has 0 aromatic heterocycles. The van der Waals surface area contributed by atoms with Crippen molar-refractivity contribution in [2.45, 2.75) is 257 Å². The van der Waals surface area contributed by atoms with Crippen LogP contribution in [-0.4, -0.2) is 46.9 Å². The molecule has 0 fully saturated rings. The van der Waals surface area contributed by atoms with Crippen LogP contribution >= 0.6 is 0 Å². The van der Waals surface area contributed by atoms with Crippen molar-refractivity contribution >= 4 is 11.9 Å². The normalized spacial score (nSPS) is 13.6. The first-order valence-corrected chi connectivity index (χ1v) is 23.7. The zero-order valence-corrected chi connectivity index (χ0v) is 36.6. The molecule has 0 bridgehead atoms. The van der Waals surface area contributed by atoms with Gasteiger partial charge in [0.25, 0.3) is 0 Å². The first-order chi connectivity index (χ1) is 27.0. The molecule has 0 heterocycles. The third-order valence-electron chi connectivity index (χ3n) is 10.7. The Morgan fingerprint density at radius 2 is 0.927 bits per heavy atom. The first-order valence-electron chi connectivity index (χ1n) is 23.7. The summed E-state index contributed by atoms with van der Waals surface area (Å²) in [6.45, 7) is 6.40. The van der Waals surface area contributed by atoms with E-state index >= 15 is 0 Å². The van der Waals surface area contributed by atoms with Crippen LogP contribution in [0.3, 0.4) is 0 Å². The lowest BCUT2D eigenvalue weighted by atomic mass is 10.0. The van der Waals surface area contributed by atoms with Crippen molar-refractivity contribution in [1.29, 1.82) is 0 Å². The Labute approximate surface area is 341 Å². The average molecular weight is 774 g/mol. The summed E-state index contributed by atoms with van der Waals surface area (Å²) in [6, 6.07) is -0.704. The topological polar surface area (TPSA) is 95.9 Å². The molecule has 3 unspecified atom stereocenters. The highest BCUT2D eigenvalue weighted by Gasteiger charge is 2.24. The SMILES string of the molecule is CCCCC/C=C\CCCCCC(CC(=O)NC(CO)C(O)CCCCCCCCCCCCC)OC(=O)CCCCCCCC/C=C/C=C/CCCCC. The number of nitrogens with one attached hydrogen (secondary N) is 1. The lowest BCUT2D eigenvalue weighted by Crippen LogP contribution is -2.46. The molecular formula is C49H91NO5. The molecule has 6 heteroatoms. The van der Waals surface area contributed by atoms with Crippen molar-refractivity contribution in [3.63, 3.8) is 0 Å². The molecule has 0 saturated carbocycles. The molecule has 3 N–H and O–H groups in total. The zero-order valence-electron chi connectivity index (χ0n) is 36.6. The summed E-state index contributed by atoms with van der Waals surface area (Å²) in [6.07, 6.45) is 49.1. The lowest BCUT2D eigenvalue weighted by Gasteiger charge is -2.24. The molecule has 0 rings (SSSR count). The van der Waals surface area contributed by atoms with E-state index < -0.39 is 18.2 Å². The molecule has 55 heavy (non-hydrogen) atoms. The summed E-state index contributed by atoms with van der Waals surface area (Å²) < 4.78 is 5.89. The van der Waals surface area contributed by atoms with Crippen LogP contribution in [0.1, 0.15) is 239 Å². The molecule has 0 aliphatic heterocycles. The standard InChI is InChI=1S/C49H91NO5/c1-4-7-10-13-16-19-22-23-24-25-27-30-33-36-39-42-49(54)55-45(40-37-34-31-28-21-18-15-12-9-6-3)43-48(53)50-46(44-51)47(52)41-38-35-32-29-26-20-17-14-11-8-5-2/h16,18-19,21-23,45-47,51-52H,4-15,17,20,24-44H2,1-3H3,(H,50,53)/b19-16+,21-18-,23-22+. The molecule has 0 aromatic carbocycles. The molecule has 0 saturated heterocycles. The third kappa shape index (κ3) is 38.7. The number of aliphatic hydroxyl groups is 2. The summed E-state index contributed by atoms with van der Waals surface area (Å²) in [7, 11) is 0. The highest BCUT2D eigenvalue weighted by molar-refractivity contribution is 5.77. The minimum absolute atomic E-state index is 0.0633. The van der Waals surface area contributed by atoms with Crippen LogP contribution in [0.4, 0.5) is 0 Å². The van der Waals surface area contributed by atoms with Gasteiger partial charge in [0.05, 0.1) is 25.2 Å². The van der Waals surface area contributed by atoms with Gasteiger partial charge in [0.15, 0.2) is 0 Å². The van der Waals surface area contributed by atoms with Crippen molar-refractivity contribution in [1.82, 2.24) is 5.32 Å². The maximum absolute atomic E-state index is 13.1. The lowest BCUT2D eigenvalue weighted by molar-refractivity contribution is -0.151. The molecule has 3 atom stereocenters. The average Bonchev–Trinajstić information content (AvgIpc) is 3.18. The van der Waals surface area contributed by atoms with Crippen LogP contribution in [0.15, 0.2) is 36.5 Å². The van der Waals surface area contributed by atoms with Crippen molar-refractivity contribution in [2.24, 2.45) is 0 Å². The van der Waals surface area contributed by atoms with E-state index in [2.05, 4.69) is 62.5 Å². The van der Waals surface area contributed by atoms with Gasteiger partial charge in [0, 0.05) is 6.42 Å². The highest BCUT2D eigenvalue weighted by atomic mass is 16.5. The Kier molecular flexibility index (Phi) is 41.7. The van der Waals surface area contributed by atoms with E-state index in [1.165, 1.54) is 116 Å². The molecule has 1 amide bonds. The van der Waals surface area contributed by atoms with Crippen molar-refractivity contribution in [3.05, 3.63) is 36.5 Å². The van der Waals surface area contributed by atoms with E-state index in [1.807, 2.05) is 0 Å². The van der Waals surface area contributed by atoms with E-state index in [1.54, 1.807) is 0 Å². The molecule has 0 aliphatic carbocycles. The minimum Gasteiger partial charge on any atom is -0.462 e. The number of allylic oxidation sites excluding steroid dienone is 6. The summed E-state index contributed by atoms with van der Waals surface area (Å²) in [5.41, 5.74) is 0. The van der Waals surface area contributed by atoms with Gasteiger partial charge in [-0.05, 0) is 77.0 Å². The van der Waals surface area contributed by atoms with E-state index in [9.17, 15) is 19.8 Å². The largest absolute Gasteiger partial charge is 0.462 e. The van der Waals surface area contributed by atoms with E-state index in [4.69, 9.17) is 4.74 Å². The second kappa shape index (κ2) is 43.2. The molecule has 322 valence electrons. The summed E-state index contributed by atoms with van der Waals surface area (Å²) in [4.78, 5) is 26.0. The fraction of sp³-hybridized carbons (Fsp3) is 0.837. The van der Waals surface area contributed by atoms with Gasteiger partial charge in [-0.15, -0.1) is 0 Å². The fourth-order valence-corrected chi connectivity index (χ4v) is 7.06. The number of hydrogen-bond donors (Lipinski definition) is 3. The van der Waals surface area contributed by atoms with E-state index in [0.717, 1.165) is 77.0 Å². The number of esters is 1. The number of carbonyl (C=O) groups is 2. The second-order valence-electron chi connectivity index (χ2n) is 16.2. The van der Waals surface area contributed by atoms with Crippen LogP contribution in [0, 0.1) is 0 Å². The van der Waals surface area contributed by atoms with Crippen LogP contribution in [0.25, 0.3) is 0 Å². The molecule has 0 spiro atoms. The van der Waals surface area contributed by atoms with Gasteiger partial charge in [-0.1, -0.05) is 186 Å². The number of aliphatic hydroxyl groups excluding tert-OH is 2. The van der Waals surface area contributed by atoms with Gasteiger partial charge >= 0.3 is 5.97 Å². The monoisotopic (exact) mass is 774 g/mol. The zero-order chi connectivity index (χ0) is 40.3. The Morgan fingerprint density at radius 3 is 1.45 bits per heavy atom. The van der Waals surface area contributed by atoms with Gasteiger partial charge < -0.3 is 20.3 Å². The number of amides is 1. The van der Waals surface area contributed by atoms with Crippen LogP contribution in [0.2, 0.25) is 0 Å². The molecule has 0 aromatic rings. The second-order valence-corrected chi connectivity index (χ2v) is 16.2. The van der Waals surface area contributed by atoms with Gasteiger partial charge in [0.1, 0.15) is 6.10 Å². The predicted octanol–water partition coefficient (Wildman–Crippen LogP) is 13.7. The fourth-order valence-electron chi connectivity index (χ4n) is 7.06. The summed E-state index contributed by atoms with van der Waals surface area (Å²) in [5, 5.41) is 23.6. The molecule has 6 nitrogen and oxygen atoms in total. The van der Waals surface area contributed by atoms with Gasteiger partial charge in [-0.25, -0.2) is 0 Å². The van der Waals surface area contributed by atoms with Crippen molar-refractivity contribution in [2.75, 3.05) is 6.61 Å². The van der Waals surface area contributed by atoms with Gasteiger partial charge in [0.2, 0.25) is 5.91 Å². The highest BCUT2D eigenvalue weighted by Crippen LogP contribution is 2.17. The van der Waals surface area contributed by atoms with E-state index in [-0.39, 0.29) is 24.9 Å². The Bertz CT molecular complexity index is 915. The number of rotatable bonds is 42. The number of ether oxygens (including phenoxy) is 1. The van der Waals surface area contributed by atoms with Gasteiger partial charge in [-0.2, -0.15) is 0 Å². The Balaban J connectivity index is 4.57. The maximum atomic E-state index is 13.1. The minimum atomic E-state index is -0.790. The number of hydrogen-bond acceptors (Lipinski definition) is 5. The van der Waals surface area contributed by atoms with Crippen molar-refractivity contribution < 1.29 is 24.5 Å².